The fraction of sp³-hybridized carbons (Fsp3) is 0.143. The van der Waals surface area contributed by atoms with Crippen molar-refractivity contribution in [2.24, 2.45) is 0 Å². The Bertz CT molecular complexity index is 1210. The van der Waals surface area contributed by atoms with Crippen LogP contribution in [0.4, 0.5) is 0 Å². The van der Waals surface area contributed by atoms with Gasteiger partial charge in [0.1, 0.15) is 12.4 Å². The topological polar surface area (TPSA) is 92.6 Å². The monoisotopic (exact) mass is 445 g/mol. The summed E-state index contributed by atoms with van der Waals surface area (Å²) in [6.07, 6.45) is 1.39. The summed E-state index contributed by atoms with van der Waals surface area (Å²) in [5.74, 6) is -0.744. The van der Waals surface area contributed by atoms with E-state index in [0.29, 0.717) is 28.0 Å². The first-order valence-corrected chi connectivity index (χ1v) is 9.79. The van der Waals surface area contributed by atoms with Gasteiger partial charge >= 0.3 is 0 Å². The molecule has 1 amide bonds. The summed E-state index contributed by atoms with van der Waals surface area (Å²) in [6, 6.07) is 11.6. The molecular formula is C21H17Cl2N3O4. The molecule has 154 valence electrons. The molecule has 0 bridgehead atoms. The highest BCUT2D eigenvalue weighted by Gasteiger charge is 2.28. The SMILES string of the molecule is CNC(=O)c1c(O)c(=O)ccn1NC1c2ccccc2COc2cc(Cl)c(Cl)cc21. The van der Waals surface area contributed by atoms with E-state index in [0.717, 1.165) is 11.1 Å². The second-order valence-electron chi connectivity index (χ2n) is 6.68. The zero-order valence-electron chi connectivity index (χ0n) is 15.8. The first kappa shape index (κ1) is 20.1. The Morgan fingerprint density at radius 2 is 1.90 bits per heavy atom. The van der Waals surface area contributed by atoms with Crippen molar-refractivity contribution in [2.75, 3.05) is 12.5 Å². The van der Waals surface area contributed by atoms with E-state index in [1.807, 2.05) is 24.3 Å². The number of nitrogens with zero attached hydrogens (tertiary/aromatic N) is 1. The number of benzene rings is 2. The van der Waals surface area contributed by atoms with Gasteiger partial charge in [-0.15, -0.1) is 0 Å². The number of aromatic nitrogens is 1. The Morgan fingerprint density at radius 1 is 1.17 bits per heavy atom. The molecule has 1 unspecified atom stereocenters. The minimum absolute atomic E-state index is 0.214. The van der Waals surface area contributed by atoms with Crippen LogP contribution in [-0.2, 0) is 6.61 Å². The third-order valence-electron chi connectivity index (χ3n) is 4.90. The van der Waals surface area contributed by atoms with Gasteiger partial charge < -0.3 is 20.6 Å². The minimum Gasteiger partial charge on any atom is -0.502 e. The van der Waals surface area contributed by atoms with Gasteiger partial charge in [-0.3, -0.25) is 14.3 Å². The lowest BCUT2D eigenvalue weighted by atomic mass is 9.95. The number of halogens is 2. The molecule has 2 heterocycles. The zero-order valence-corrected chi connectivity index (χ0v) is 17.3. The maximum absolute atomic E-state index is 12.4. The van der Waals surface area contributed by atoms with E-state index in [9.17, 15) is 14.7 Å². The van der Waals surface area contributed by atoms with E-state index in [-0.39, 0.29) is 5.69 Å². The molecule has 0 saturated heterocycles. The first-order valence-electron chi connectivity index (χ1n) is 9.03. The molecule has 0 fully saturated rings. The van der Waals surface area contributed by atoms with Crippen LogP contribution in [-0.4, -0.2) is 22.7 Å². The molecule has 9 heteroatoms. The van der Waals surface area contributed by atoms with E-state index in [1.54, 1.807) is 12.1 Å². The number of nitrogens with one attached hydrogen (secondary N) is 2. The summed E-state index contributed by atoms with van der Waals surface area (Å²) in [5.41, 5.74) is 4.83. The predicted octanol–water partition coefficient (Wildman–Crippen LogP) is 3.45. The summed E-state index contributed by atoms with van der Waals surface area (Å²) < 4.78 is 7.26. The second-order valence-corrected chi connectivity index (χ2v) is 7.49. The summed E-state index contributed by atoms with van der Waals surface area (Å²) in [5, 5.41) is 13.4. The second kappa shape index (κ2) is 7.93. The quantitative estimate of drug-likeness (QED) is 0.573. The molecule has 0 spiro atoms. The number of hydrogen-bond acceptors (Lipinski definition) is 5. The number of fused-ring (bicyclic) bond motifs is 2. The highest BCUT2D eigenvalue weighted by atomic mass is 35.5. The Labute approximate surface area is 181 Å². The molecule has 1 atom stereocenters. The van der Waals surface area contributed by atoms with Gasteiger partial charge in [0.2, 0.25) is 5.43 Å². The van der Waals surface area contributed by atoms with Crippen molar-refractivity contribution in [3.05, 3.63) is 91.3 Å². The van der Waals surface area contributed by atoms with Gasteiger partial charge in [-0.05, 0) is 17.2 Å². The summed E-state index contributed by atoms with van der Waals surface area (Å²) in [4.78, 5) is 24.3. The highest BCUT2D eigenvalue weighted by molar-refractivity contribution is 6.42. The number of rotatable bonds is 3. The van der Waals surface area contributed by atoms with Crippen molar-refractivity contribution in [1.29, 1.82) is 0 Å². The number of amides is 1. The summed E-state index contributed by atoms with van der Waals surface area (Å²) >= 11 is 12.5. The molecule has 1 aliphatic heterocycles. The average Bonchev–Trinajstić information content (AvgIpc) is 2.88. The zero-order chi connectivity index (χ0) is 21.4. The molecule has 1 aromatic heterocycles. The van der Waals surface area contributed by atoms with Crippen molar-refractivity contribution in [2.45, 2.75) is 12.6 Å². The van der Waals surface area contributed by atoms with E-state index in [1.165, 1.54) is 24.0 Å². The molecule has 1 aliphatic rings. The average molecular weight is 446 g/mol. The number of pyridine rings is 1. The normalized spacial score (nSPS) is 14.7. The van der Waals surface area contributed by atoms with Gasteiger partial charge in [0.05, 0.1) is 16.1 Å². The molecule has 0 aliphatic carbocycles. The van der Waals surface area contributed by atoms with Crippen LogP contribution < -0.4 is 20.9 Å². The number of aromatic hydroxyl groups is 1. The maximum Gasteiger partial charge on any atom is 0.273 e. The first-order chi connectivity index (χ1) is 14.4. The van der Waals surface area contributed by atoms with Gasteiger partial charge in [0, 0.05) is 30.9 Å². The van der Waals surface area contributed by atoms with E-state index in [4.69, 9.17) is 27.9 Å². The largest absolute Gasteiger partial charge is 0.502 e. The van der Waals surface area contributed by atoms with Gasteiger partial charge in [-0.2, -0.15) is 0 Å². The number of carbonyl (C=O) groups is 1. The highest BCUT2D eigenvalue weighted by Crippen LogP contribution is 2.40. The van der Waals surface area contributed by atoms with Gasteiger partial charge in [0.15, 0.2) is 11.4 Å². The van der Waals surface area contributed by atoms with Gasteiger partial charge in [-0.1, -0.05) is 47.5 Å². The van der Waals surface area contributed by atoms with Crippen molar-refractivity contribution in [1.82, 2.24) is 9.99 Å². The minimum atomic E-state index is -0.661. The smallest absolute Gasteiger partial charge is 0.273 e. The van der Waals surface area contributed by atoms with E-state index >= 15 is 0 Å². The van der Waals surface area contributed by atoms with Crippen LogP contribution in [0.15, 0.2) is 53.5 Å². The van der Waals surface area contributed by atoms with Crippen LogP contribution >= 0.6 is 23.2 Å². The Hall–Kier alpha value is -3.16. The molecular weight excluding hydrogens is 429 g/mol. The standard InChI is InChI=1S/C21H17Cl2N3O4/c1-24-21(29)19-20(28)16(27)6-7-26(19)25-18-12-5-3-2-4-11(12)10-30-17-9-15(23)14(22)8-13(17)18/h2-9,18,25,28H,10H2,1H3,(H,24,29). The third-order valence-corrected chi connectivity index (χ3v) is 5.62. The van der Waals surface area contributed by atoms with Crippen molar-refractivity contribution in [3.63, 3.8) is 0 Å². The Kier molecular flexibility index (Phi) is 5.32. The molecule has 0 radical (unpaired) electrons. The molecule has 3 N–H and O–H groups in total. The lowest BCUT2D eigenvalue weighted by molar-refractivity contribution is 0.0951. The van der Waals surface area contributed by atoms with Crippen LogP contribution in [0, 0.1) is 0 Å². The Balaban J connectivity index is 1.92. The van der Waals surface area contributed by atoms with Crippen LogP contribution in [0.3, 0.4) is 0 Å². The van der Waals surface area contributed by atoms with E-state index in [2.05, 4.69) is 10.7 Å². The lowest BCUT2D eigenvalue weighted by Crippen LogP contribution is -2.32. The van der Waals surface area contributed by atoms with Gasteiger partial charge in [-0.25, -0.2) is 0 Å². The lowest BCUT2D eigenvalue weighted by Gasteiger charge is -2.25. The van der Waals surface area contributed by atoms with Crippen molar-refractivity contribution in [3.8, 4) is 11.5 Å². The molecule has 30 heavy (non-hydrogen) atoms. The van der Waals surface area contributed by atoms with Crippen LogP contribution in [0.1, 0.15) is 33.2 Å². The molecule has 7 nitrogen and oxygen atoms in total. The van der Waals surface area contributed by atoms with Crippen molar-refractivity contribution < 1.29 is 14.6 Å². The van der Waals surface area contributed by atoms with Gasteiger partial charge in [0.25, 0.3) is 5.91 Å². The fourth-order valence-electron chi connectivity index (χ4n) is 3.41. The fourth-order valence-corrected chi connectivity index (χ4v) is 3.74. The van der Waals surface area contributed by atoms with Crippen LogP contribution in [0.2, 0.25) is 10.0 Å². The molecule has 0 saturated carbocycles. The molecule has 2 aromatic carbocycles. The summed E-state index contributed by atoms with van der Waals surface area (Å²) in [7, 11) is 1.41. The predicted molar refractivity (Wildman–Crippen MR) is 114 cm³/mol. The van der Waals surface area contributed by atoms with Crippen LogP contribution in [0.25, 0.3) is 0 Å². The number of carbonyl (C=O) groups excluding carboxylic acids is 1. The van der Waals surface area contributed by atoms with E-state index < -0.39 is 23.1 Å². The molecule has 3 aromatic rings. The number of ether oxygens (including phenoxy) is 1. The maximum atomic E-state index is 12.4. The van der Waals surface area contributed by atoms with Crippen LogP contribution in [0.5, 0.6) is 11.5 Å². The van der Waals surface area contributed by atoms with Crippen molar-refractivity contribution >= 4 is 29.1 Å². The summed E-state index contributed by atoms with van der Waals surface area (Å²) in [6.45, 7) is 0.317. The third kappa shape index (κ3) is 3.46. The molecule has 4 rings (SSSR count). The Morgan fingerprint density at radius 3 is 2.67 bits per heavy atom. The number of hydrogen-bond donors (Lipinski definition) is 3.